The fourth-order valence-electron chi connectivity index (χ4n) is 6.49. The number of halogens is 10. The van der Waals surface area contributed by atoms with Gasteiger partial charge in [0.15, 0.2) is 78.1 Å². The Balaban J connectivity index is 0.943. The predicted octanol–water partition coefficient (Wildman–Crippen LogP) is 12.5. The zero-order valence-electron chi connectivity index (χ0n) is 28.8. The van der Waals surface area contributed by atoms with Crippen LogP contribution in [0.4, 0.5) is 43.9 Å². The number of ketones is 2. The van der Waals surface area contributed by atoms with Crippen molar-refractivity contribution in [3.05, 3.63) is 141 Å². The molecule has 0 saturated carbocycles. The smallest absolute Gasteiger partial charge is 0.200 e. The van der Waals surface area contributed by atoms with E-state index in [1.54, 1.807) is 0 Å². The Morgan fingerprint density at radius 1 is 0.350 bits per heavy atom. The number of benzene rings is 6. The Kier molecular flexibility index (Phi) is 8.65. The van der Waals surface area contributed by atoms with E-state index >= 15 is 0 Å². The molecule has 10 rings (SSSR count). The van der Waals surface area contributed by atoms with Gasteiger partial charge in [-0.3, -0.25) is 9.59 Å². The molecule has 0 amide bonds. The second-order valence-corrected chi connectivity index (χ2v) is 17.1. The molecule has 6 aromatic carbocycles. The second kappa shape index (κ2) is 13.7. The number of aromatic nitrogens is 4. The molecule has 10 aromatic rings. The highest BCUT2D eigenvalue weighted by Crippen LogP contribution is 2.41. The molecule has 0 saturated heterocycles. The van der Waals surface area contributed by atoms with Crippen LogP contribution in [0.3, 0.4) is 0 Å². The maximum absolute atomic E-state index is 14.4. The van der Waals surface area contributed by atoms with Crippen LogP contribution in [0.2, 0.25) is 0 Å². The molecule has 0 atom stereocenters. The lowest BCUT2D eigenvalue weighted by Gasteiger charge is -2.07. The van der Waals surface area contributed by atoms with E-state index in [0.29, 0.717) is 51.5 Å². The summed E-state index contributed by atoms with van der Waals surface area (Å²) in [6, 6.07) is 15.2. The number of rotatable bonds is 6. The van der Waals surface area contributed by atoms with Crippen LogP contribution < -0.4 is 0 Å². The van der Waals surface area contributed by atoms with Gasteiger partial charge in [0.1, 0.15) is 11.1 Å². The van der Waals surface area contributed by atoms with Gasteiger partial charge >= 0.3 is 0 Å². The highest BCUT2D eigenvalue weighted by atomic mass is 32.1. The quantitative estimate of drug-likeness (QED) is 0.0715. The molecule has 0 unspecified atom stereocenters. The van der Waals surface area contributed by atoms with Crippen molar-refractivity contribution in [2.45, 2.75) is 0 Å². The number of thiazole rings is 4. The summed E-state index contributed by atoms with van der Waals surface area (Å²) in [6.45, 7) is 0. The van der Waals surface area contributed by atoms with Crippen LogP contribution in [0.1, 0.15) is 31.8 Å². The highest BCUT2D eigenvalue weighted by molar-refractivity contribution is 7.28. The second-order valence-electron chi connectivity index (χ2n) is 13.0. The first kappa shape index (κ1) is 38.0. The lowest BCUT2D eigenvalue weighted by Crippen LogP contribution is -2.13. The summed E-state index contributed by atoms with van der Waals surface area (Å²) in [4.78, 5) is 44.5. The van der Waals surface area contributed by atoms with Crippen molar-refractivity contribution >= 4 is 109 Å². The van der Waals surface area contributed by atoms with Gasteiger partial charge in [0.2, 0.25) is 11.6 Å². The number of carbonyl (C=O) groups excluding carboxylic acids is 2. The van der Waals surface area contributed by atoms with Crippen LogP contribution in [0.25, 0.3) is 71.7 Å². The van der Waals surface area contributed by atoms with Gasteiger partial charge in [-0.05, 0) is 71.4 Å². The Morgan fingerprint density at radius 3 is 0.967 bits per heavy atom. The van der Waals surface area contributed by atoms with E-state index in [0.717, 1.165) is 42.8 Å². The number of hydrogen-bond acceptors (Lipinski definition) is 10. The number of nitrogens with zero attached hydrogens (tertiary/aromatic N) is 4. The molecule has 0 fully saturated rings. The van der Waals surface area contributed by atoms with E-state index in [2.05, 4.69) is 9.97 Å². The maximum Gasteiger partial charge on any atom is 0.200 e. The first-order valence-corrected chi connectivity index (χ1v) is 20.0. The van der Waals surface area contributed by atoms with Gasteiger partial charge in [0, 0.05) is 11.1 Å². The van der Waals surface area contributed by atoms with Crippen LogP contribution in [0, 0.1) is 58.2 Å². The third-order valence-electron chi connectivity index (χ3n) is 9.39. The Morgan fingerprint density at radius 2 is 0.633 bits per heavy atom. The van der Waals surface area contributed by atoms with Crippen molar-refractivity contribution in [3.63, 3.8) is 0 Å². The average Bonchev–Trinajstić information content (AvgIpc) is 4.05. The summed E-state index contributed by atoms with van der Waals surface area (Å²) in [5.74, 6) is -25.4. The van der Waals surface area contributed by atoms with E-state index in [1.807, 2.05) is 24.3 Å². The molecule has 0 aliphatic carbocycles. The van der Waals surface area contributed by atoms with Crippen molar-refractivity contribution in [1.82, 2.24) is 19.9 Å². The number of fused-ring (bicyclic) bond motifs is 5. The summed E-state index contributed by atoms with van der Waals surface area (Å²) >= 11 is 4.86. The minimum atomic E-state index is -2.37. The van der Waals surface area contributed by atoms with Gasteiger partial charge in [-0.15, -0.1) is 45.3 Å². The van der Waals surface area contributed by atoms with Crippen LogP contribution in [-0.4, -0.2) is 31.5 Å². The van der Waals surface area contributed by atoms with E-state index in [9.17, 15) is 53.5 Å². The number of hydrogen-bond donors (Lipinski definition) is 0. The fraction of sp³-hybridized carbons (Fsp3) is 0. The lowest BCUT2D eigenvalue weighted by molar-refractivity contribution is 0.102. The third kappa shape index (κ3) is 5.80. The molecular weight excluding hydrogens is 887 g/mol. The molecule has 6 nitrogen and oxygen atoms in total. The highest BCUT2D eigenvalue weighted by Gasteiger charge is 2.32. The first-order valence-electron chi connectivity index (χ1n) is 16.8. The van der Waals surface area contributed by atoms with Gasteiger partial charge in [-0.2, -0.15) is 0 Å². The largest absolute Gasteiger partial charge is 0.288 e. The topological polar surface area (TPSA) is 85.7 Å². The van der Waals surface area contributed by atoms with Crippen LogP contribution >= 0.6 is 45.3 Å². The van der Waals surface area contributed by atoms with Gasteiger partial charge in [0.05, 0.1) is 40.9 Å². The van der Waals surface area contributed by atoms with Crippen molar-refractivity contribution in [2.24, 2.45) is 0 Å². The molecule has 0 aliphatic rings. The lowest BCUT2D eigenvalue weighted by atomic mass is 10.0. The molecule has 60 heavy (non-hydrogen) atoms. The standard InChI is InChI=1S/C40H10F10N4O2S4/c41-25-23(26(42)30(46)33(49)29(25)45)35(55)11-1-3-15-19(7-11)57-37(51-15)39-53-17-5-13-10-22-18(6-14(13)9-21(17)59-39)54-40(60-22)38-52-16-4-2-12(8-20(16)58-38)36(56)24-27(43)31(47)34(50)32(48)28(24)44/h1-10H. The molecule has 0 radical (unpaired) electrons. The predicted molar refractivity (Wildman–Crippen MR) is 207 cm³/mol. The van der Waals surface area contributed by atoms with Gasteiger partial charge in [-0.1, -0.05) is 0 Å². The molecule has 0 N–H and O–H groups in total. The molecule has 0 aliphatic heterocycles. The molecular formula is C40H10F10N4O2S4. The normalized spacial score (nSPS) is 12.0. The van der Waals surface area contributed by atoms with E-state index in [4.69, 9.17) is 9.97 Å². The minimum Gasteiger partial charge on any atom is -0.288 e. The van der Waals surface area contributed by atoms with Crippen LogP contribution in [0.5, 0.6) is 0 Å². The van der Waals surface area contributed by atoms with Crippen molar-refractivity contribution < 1.29 is 53.5 Å². The van der Waals surface area contributed by atoms with Crippen molar-refractivity contribution in [3.8, 4) is 20.0 Å². The molecule has 0 bridgehead atoms. The monoisotopic (exact) mass is 896 g/mol. The van der Waals surface area contributed by atoms with Crippen LogP contribution in [0.15, 0.2) is 60.7 Å². The summed E-state index contributed by atoms with van der Waals surface area (Å²) in [5, 5.41) is 3.58. The SMILES string of the molecule is O=C(c1ccc2nc(-c3nc4cc5cc6sc(-c7nc8ccc(C(=O)c9c(F)c(F)c(F)c(F)c9F)cc8s7)nc6cc5cc4s3)sc2c1)c1c(F)c(F)c(F)c(F)c1F. The van der Waals surface area contributed by atoms with Crippen LogP contribution in [-0.2, 0) is 0 Å². The summed E-state index contributed by atoms with van der Waals surface area (Å²) in [7, 11) is 0. The maximum atomic E-state index is 14.4. The Bertz CT molecular complexity index is 3220. The first-order chi connectivity index (χ1) is 28.7. The van der Waals surface area contributed by atoms with Crippen molar-refractivity contribution in [1.29, 1.82) is 0 Å². The summed E-state index contributed by atoms with van der Waals surface area (Å²) in [6.07, 6.45) is 0. The minimum absolute atomic E-state index is 0.311. The average molecular weight is 897 g/mol. The summed E-state index contributed by atoms with van der Waals surface area (Å²) in [5.41, 5.74) is -1.67. The zero-order valence-corrected chi connectivity index (χ0v) is 32.1. The molecule has 296 valence electrons. The Labute approximate surface area is 341 Å². The fourth-order valence-corrected chi connectivity index (χ4v) is 10.5. The molecule has 4 aromatic heterocycles. The van der Waals surface area contributed by atoms with E-state index in [-0.39, 0.29) is 11.1 Å². The third-order valence-corrected chi connectivity index (χ3v) is 13.8. The van der Waals surface area contributed by atoms with Crippen molar-refractivity contribution in [2.75, 3.05) is 0 Å². The number of carbonyl (C=O) groups is 2. The van der Waals surface area contributed by atoms with E-state index in [1.165, 1.54) is 59.1 Å². The summed E-state index contributed by atoms with van der Waals surface area (Å²) < 4.78 is 142. The zero-order chi connectivity index (χ0) is 42.0. The molecule has 20 heteroatoms. The van der Waals surface area contributed by atoms with Gasteiger partial charge in [-0.25, -0.2) is 63.8 Å². The van der Waals surface area contributed by atoms with Gasteiger partial charge < -0.3 is 0 Å². The molecule has 0 spiro atoms. The molecule has 4 heterocycles. The van der Waals surface area contributed by atoms with E-state index < -0.39 is 80.9 Å². The Hall–Kier alpha value is -6.22. The van der Waals surface area contributed by atoms with Gasteiger partial charge in [0.25, 0.3) is 0 Å².